The van der Waals surface area contributed by atoms with Gasteiger partial charge in [-0.25, -0.2) is 9.97 Å². The summed E-state index contributed by atoms with van der Waals surface area (Å²) in [4.78, 5) is 11.2. The van der Waals surface area contributed by atoms with Crippen molar-refractivity contribution in [3.05, 3.63) is 34.5 Å². The Morgan fingerprint density at radius 2 is 2.23 bits per heavy atom. The number of rotatable bonds is 2. The van der Waals surface area contributed by atoms with E-state index in [-0.39, 0.29) is 6.10 Å². The number of pyridine rings is 1. The van der Waals surface area contributed by atoms with Crippen molar-refractivity contribution in [2.45, 2.75) is 13.0 Å². The summed E-state index contributed by atoms with van der Waals surface area (Å²) in [5, 5.41) is 8.66. The number of anilines is 1. The number of ether oxygens (including phenoxy) is 1. The Morgan fingerprint density at radius 1 is 1.32 bits per heavy atom. The van der Waals surface area contributed by atoms with E-state index in [0.29, 0.717) is 6.61 Å². The van der Waals surface area contributed by atoms with Crippen LogP contribution in [0.15, 0.2) is 23.8 Å². The number of aromatic nitrogens is 4. The number of aryl methyl sites for hydroxylation is 2. The molecule has 6 nitrogen and oxygen atoms in total. The fraction of sp³-hybridized carbons (Fsp3) is 0.400. The monoisotopic (exact) mass is 315 g/mol. The molecular formula is C15H17N5OS. The van der Waals surface area contributed by atoms with Gasteiger partial charge in [0.25, 0.3) is 0 Å². The van der Waals surface area contributed by atoms with E-state index in [0.717, 1.165) is 34.8 Å². The molecule has 0 amide bonds. The van der Waals surface area contributed by atoms with E-state index in [2.05, 4.69) is 26.0 Å². The molecule has 1 unspecified atom stereocenters. The van der Waals surface area contributed by atoms with E-state index < -0.39 is 0 Å². The van der Waals surface area contributed by atoms with Gasteiger partial charge < -0.3 is 9.64 Å². The number of morpholine rings is 1. The Balaban J connectivity index is 1.72. The summed E-state index contributed by atoms with van der Waals surface area (Å²) in [6.45, 7) is 4.41. The molecule has 0 aromatic carbocycles. The molecule has 0 saturated carbocycles. The molecule has 3 aromatic rings. The molecule has 0 N–H and O–H groups in total. The standard InChI is InChI=1S/C15H17N5OS/c1-10-13-11(3-4-16-14(13)19(2)18-10)20-6-7-21-12(9-20)15-17-5-8-22-15/h3-5,8,12H,6-7,9H2,1-2H3. The maximum atomic E-state index is 5.89. The van der Waals surface area contributed by atoms with Gasteiger partial charge in [-0.1, -0.05) is 0 Å². The normalized spacial score (nSPS) is 19.0. The fourth-order valence-electron chi connectivity index (χ4n) is 3.03. The van der Waals surface area contributed by atoms with Crippen LogP contribution in [-0.4, -0.2) is 39.4 Å². The SMILES string of the molecule is Cc1nn(C)c2nccc(N3CCOC(c4nccs4)C3)c12. The summed E-state index contributed by atoms with van der Waals surface area (Å²) in [6, 6.07) is 2.07. The smallest absolute Gasteiger partial charge is 0.159 e. The first-order chi connectivity index (χ1) is 10.7. The number of thiazole rings is 1. The van der Waals surface area contributed by atoms with E-state index >= 15 is 0 Å². The number of nitrogens with zero attached hydrogens (tertiary/aromatic N) is 5. The molecule has 7 heteroatoms. The second kappa shape index (κ2) is 5.33. The van der Waals surface area contributed by atoms with E-state index in [1.54, 1.807) is 11.3 Å². The minimum atomic E-state index is 0.0361. The molecule has 0 spiro atoms. The lowest BCUT2D eigenvalue weighted by molar-refractivity contribution is 0.0397. The predicted octanol–water partition coefficient (Wildman–Crippen LogP) is 2.31. The number of fused-ring (bicyclic) bond motifs is 1. The number of hydrogen-bond acceptors (Lipinski definition) is 6. The highest BCUT2D eigenvalue weighted by Gasteiger charge is 2.26. The highest BCUT2D eigenvalue weighted by molar-refractivity contribution is 7.09. The summed E-state index contributed by atoms with van der Waals surface area (Å²) in [5.41, 5.74) is 3.12. The molecule has 3 aromatic heterocycles. The van der Waals surface area contributed by atoms with Gasteiger partial charge in [0.2, 0.25) is 0 Å². The lowest BCUT2D eigenvalue weighted by Gasteiger charge is -2.34. The second-order valence-corrected chi connectivity index (χ2v) is 6.34. The van der Waals surface area contributed by atoms with Crippen molar-refractivity contribution >= 4 is 28.1 Å². The highest BCUT2D eigenvalue weighted by atomic mass is 32.1. The molecule has 0 aliphatic carbocycles. The van der Waals surface area contributed by atoms with Crippen LogP contribution in [0.1, 0.15) is 16.8 Å². The van der Waals surface area contributed by atoms with Crippen LogP contribution in [0.4, 0.5) is 5.69 Å². The minimum absolute atomic E-state index is 0.0361. The van der Waals surface area contributed by atoms with Gasteiger partial charge in [-0.05, 0) is 13.0 Å². The van der Waals surface area contributed by atoms with Crippen LogP contribution in [0, 0.1) is 6.92 Å². The van der Waals surface area contributed by atoms with Gasteiger partial charge in [0.1, 0.15) is 11.1 Å². The Kier molecular flexibility index (Phi) is 3.31. The van der Waals surface area contributed by atoms with E-state index in [1.807, 2.05) is 36.4 Å². The van der Waals surface area contributed by atoms with Gasteiger partial charge >= 0.3 is 0 Å². The zero-order valence-electron chi connectivity index (χ0n) is 12.6. The predicted molar refractivity (Wildman–Crippen MR) is 86.3 cm³/mol. The highest BCUT2D eigenvalue weighted by Crippen LogP contribution is 2.32. The van der Waals surface area contributed by atoms with Crippen molar-refractivity contribution in [2.75, 3.05) is 24.6 Å². The molecule has 4 heterocycles. The van der Waals surface area contributed by atoms with Crippen LogP contribution in [0.25, 0.3) is 11.0 Å². The van der Waals surface area contributed by atoms with Crippen molar-refractivity contribution in [1.82, 2.24) is 19.7 Å². The molecule has 0 radical (unpaired) electrons. The lowest BCUT2D eigenvalue weighted by atomic mass is 10.2. The van der Waals surface area contributed by atoms with Crippen LogP contribution < -0.4 is 4.90 Å². The van der Waals surface area contributed by atoms with Crippen LogP contribution in [0.2, 0.25) is 0 Å². The average Bonchev–Trinajstić information content (AvgIpc) is 3.17. The van der Waals surface area contributed by atoms with Crippen LogP contribution in [0.5, 0.6) is 0 Å². The molecule has 0 bridgehead atoms. The Hall–Kier alpha value is -1.99. The zero-order valence-corrected chi connectivity index (χ0v) is 13.4. The molecule has 1 aliphatic rings. The maximum Gasteiger partial charge on any atom is 0.159 e. The van der Waals surface area contributed by atoms with Crippen LogP contribution >= 0.6 is 11.3 Å². The second-order valence-electron chi connectivity index (χ2n) is 5.41. The molecule has 1 aliphatic heterocycles. The van der Waals surface area contributed by atoms with Crippen molar-refractivity contribution < 1.29 is 4.74 Å². The van der Waals surface area contributed by atoms with Gasteiger partial charge in [0.15, 0.2) is 5.65 Å². The van der Waals surface area contributed by atoms with E-state index in [9.17, 15) is 0 Å². The first-order valence-corrected chi connectivity index (χ1v) is 8.16. The molecule has 1 fully saturated rings. The third kappa shape index (κ3) is 2.17. The minimum Gasteiger partial charge on any atom is -0.367 e. The molecule has 114 valence electrons. The quantitative estimate of drug-likeness (QED) is 0.726. The summed E-state index contributed by atoms with van der Waals surface area (Å²) < 4.78 is 7.73. The first-order valence-electron chi connectivity index (χ1n) is 7.28. The van der Waals surface area contributed by atoms with Gasteiger partial charge in [-0.3, -0.25) is 4.68 Å². The summed E-state index contributed by atoms with van der Waals surface area (Å²) in [5.74, 6) is 0. The Labute approximate surface area is 132 Å². The lowest BCUT2D eigenvalue weighted by Crippen LogP contribution is -2.38. The van der Waals surface area contributed by atoms with Crippen LogP contribution in [-0.2, 0) is 11.8 Å². The average molecular weight is 315 g/mol. The molecular weight excluding hydrogens is 298 g/mol. The summed E-state index contributed by atoms with van der Waals surface area (Å²) in [7, 11) is 1.93. The Bertz CT molecular complexity index is 798. The number of hydrogen-bond donors (Lipinski definition) is 0. The summed E-state index contributed by atoms with van der Waals surface area (Å²) in [6.07, 6.45) is 3.72. The Morgan fingerprint density at radius 3 is 3.05 bits per heavy atom. The first kappa shape index (κ1) is 13.7. The van der Waals surface area contributed by atoms with Crippen molar-refractivity contribution in [3.8, 4) is 0 Å². The molecule has 1 saturated heterocycles. The largest absolute Gasteiger partial charge is 0.367 e. The fourth-order valence-corrected chi connectivity index (χ4v) is 3.71. The zero-order chi connectivity index (χ0) is 15.1. The van der Waals surface area contributed by atoms with E-state index in [4.69, 9.17) is 4.74 Å². The topological polar surface area (TPSA) is 56.1 Å². The third-order valence-electron chi connectivity index (χ3n) is 4.01. The molecule has 4 rings (SSSR count). The van der Waals surface area contributed by atoms with Gasteiger partial charge in [0, 0.05) is 31.4 Å². The van der Waals surface area contributed by atoms with Gasteiger partial charge in [-0.2, -0.15) is 5.10 Å². The maximum absolute atomic E-state index is 5.89. The van der Waals surface area contributed by atoms with Crippen LogP contribution in [0.3, 0.4) is 0 Å². The van der Waals surface area contributed by atoms with E-state index in [1.165, 1.54) is 5.69 Å². The third-order valence-corrected chi connectivity index (χ3v) is 4.88. The summed E-state index contributed by atoms with van der Waals surface area (Å²) >= 11 is 1.65. The van der Waals surface area contributed by atoms with Gasteiger partial charge in [0.05, 0.1) is 29.9 Å². The van der Waals surface area contributed by atoms with Gasteiger partial charge in [-0.15, -0.1) is 11.3 Å². The molecule has 1 atom stereocenters. The van der Waals surface area contributed by atoms with Crippen molar-refractivity contribution in [2.24, 2.45) is 7.05 Å². The molecule has 22 heavy (non-hydrogen) atoms. The van der Waals surface area contributed by atoms with Crippen molar-refractivity contribution in [1.29, 1.82) is 0 Å². The van der Waals surface area contributed by atoms with Crippen molar-refractivity contribution in [3.63, 3.8) is 0 Å².